The summed E-state index contributed by atoms with van der Waals surface area (Å²) >= 11 is 0. The Bertz CT molecular complexity index is 915. The van der Waals surface area contributed by atoms with Crippen molar-refractivity contribution in [1.82, 2.24) is 15.6 Å². The number of aliphatic hydroxyl groups excluding tert-OH is 1. The Balaban J connectivity index is 1.70. The van der Waals surface area contributed by atoms with E-state index in [2.05, 4.69) is 15.6 Å². The van der Waals surface area contributed by atoms with Crippen LogP contribution >= 0.6 is 0 Å². The minimum atomic E-state index is -0.769. The van der Waals surface area contributed by atoms with Crippen molar-refractivity contribution in [3.8, 4) is 17.1 Å². The van der Waals surface area contributed by atoms with E-state index in [0.717, 1.165) is 11.1 Å². The first kappa shape index (κ1) is 18.7. The summed E-state index contributed by atoms with van der Waals surface area (Å²) < 4.78 is 16.0. The number of carbonyl (C=O) groups excluding carboxylic acids is 1. The molecule has 3 rings (SSSR count). The Morgan fingerprint density at radius 2 is 1.96 bits per heavy atom. The molecule has 0 bridgehead atoms. The van der Waals surface area contributed by atoms with Crippen LogP contribution in [0.2, 0.25) is 0 Å². The summed E-state index contributed by atoms with van der Waals surface area (Å²) in [6.07, 6.45) is 0. The highest BCUT2D eigenvalue weighted by Gasteiger charge is 2.23. The number of hydrogen-bond donors (Lipinski definition) is 2. The van der Waals surface area contributed by atoms with Gasteiger partial charge in [-0.15, -0.1) is 0 Å². The lowest BCUT2D eigenvalue weighted by Gasteiger charge is -2.22. The minimum Gasteiger partial charge on any atom is -0.470 e. The summed E-state index contributed by atoms with van der Waals surface area (Å²) in [5.41, 5.74) is 1.63. The number of amides is 1. The van der Waals surface area contributed by atoms with Crippen LogP contribution in [0, 0.1) is 6.92 Å². The molecule has 8 nitrogen and oxygen atoms in total. The molecule has 27 heavy (non-hydrogen) atoms. The quantitative estimate of drug-likeness (QED) is 0.657. The third-order valence-electron chi connectivity index (χ3n) is 3.96. The topological polar surface area (TPSA) is 111 Å². The fraction of sp³-hybridized carbons (Fsp3) is 0.316. The van der Waals surface area contributed by atoms with Crippen LogP contribution in [0.1, 0.15) is 35.7 Å². The molecule has 0 aliphatic heterocycles. The first-order valence-electron chi connectivity index (χ1n) is 8.43. The van der Waals surface area contributed by atoms with Crippen molar-refractivity contribution in [3.63, 3.8) is 0 Å². The molecule has 0 aliphatic carbocycles. The van der Waals surface area contributed by atoms with Gasteiger partial charge in [-0.1, -0.05) is 35.5 Å². The molecule has 0 saturated carbocycles. The first-order chi connectivity index (χ1) is 12.9. The summed E-state index contributed by atoms with van der Waals surface area (Å²) in [6, 6.07) is 11.0. The predicted octanol–water partition coefficient (Wildman–Crippen LogP) is 2.72. The second kappa shape index (κ2) is 7.63. The SMILES string of the molecule is Cc1onc(-c2ccccc2)c1COc1cc(C(=O)NC(C)(C)CO)on1. The van der Waals surface area contributed by atoms with Crippen LogP contribution in [0.3, 0.4) is 0 Å². The van der Waals surface area contributed by atoms with Crippen molar-refractivity contribution < 1.29 is 23.7 Å². The van der Waals surface area contributed by atoms with Gasteiger partial charge in [-0.2, -0.15) is 0 Å². The number of aryl methyl sites for hydroxylation is 1. The summed E-state index contributed by atoms with van der Waals surface area (Å²) in [5.74, 6) is 0.320. The van der Waals surface area contributed by atoms with E-state index in [1.807, 2.05) is 30.3 Å². The third-order valence-corrected chi connectivity index (χ3v) is 3.96. The molecule has 3 aromatic rings. The van der Waals surface area contributed by atoms with Gasteiger partial charge in [0.25, 0.3) is 11.8 Å². The number of benzene rings is 1. The van der Waals surface area contributed by atoms with Gasteiger partial charge in [0.1, 0.15) is 18.1 Å². The zero-order valence-electron chi connectivity index (χ0n) is 15.4. The summed E-state index contributed by atoms with van der Waals surface area (Å²) in [6.45, 7) is 5.15. The van der Waals surface area contributed by atoms with Crippen molar-refractivity contribution in [1.29, 1.82) is 0 Å². The van der Waals surface area contributed by atoms with Crippen molar-refractivity contribution in [3.05, 3.63) is 53.5 Å². The summed E-state index contributed by atoms with van der Waals surface area (Å²) in [4.78, 5) is 12.1. The Kier molecular flexibility index (Phi) is 5.27. The highest BCUT2D eigenvalue weighted by atomic mass is 16.5. The van der Waals surface area contributed by atoms with E-state index < -0.39 is 11.4 Å². The molecule has 0 spiro atoms. The van der Waals surface area contributed by atoms with E-state index in [0.29, 0.717) is 11.5 Å². The van der Waals surface area contributed by atoms with Gasteiger partial charge >= 0.3 is 0 Å². The van der Waals surface area contributed by atoms with Crippen LogP contribution in [0.15, 0.2) is 45.4 Å². The average Bonchev–Trinajstić information content (AvgIpc) is 3.27. The smallest absolute Gasteiger partial charge is 0.290 e. The van der Waals surface area contributed by atoms with Gasteiger partial charge in [-0.25, -0.2) is 0 Å². The second-order valence-corrected chi connectivity index (χ2v) is 6.75. The van der Waals surface area contributed by atoms with Gasteiger partial charge in [0, 0.05) is 5.56 Å². The maximum absolute atomic E-state index is 12.1. The number of rotatable bonds is 7. The molecule has 0 saturated heterocycles. The standard InChI is InChI=1S/C19H21N3O5/c1-12-14(17(22-26-12)13-7-5-4-6-8-13)10-25-16-9-15(27-21-16)18(24)20-19(2,3)11-23/h4-9,23H,10-11H2,1-3H3,(H,20,24). The Hall–Kier alpha value is -3.13. The lowest BCUT2D eigenvalue weighted by Crippen LogP contribution is -2.46. The number of aliphatic hydroxyl groups is 1. The van der Waals surface area contributed by atoms with Crippen molar-refractivity contribution >= 4 is 5.91 Å². The van der Waals surface area contributed by atoms with E-state index in [1.165, 1.54) is 6.07 Å². The van der Waals surface area contributed by atoms with Gasteiger partial charge in [-0.05, 0) is 25.9 Å². The maximum Gasteiger partial charge on any atom is 0.290 e. The number of aromatic nitrogens is 2. The Morgan fingerprint density at radius 1 is 1.22 bits per heavy atom. The van der Waals surface area contributed by atoms with E-state index in [9.17, 15) is 9.90 Å². The minimum absolute atomic E-state index is 0.00292. The molecule has 2 aromatic heterocycles. The average molecular weight is 371 g/mol. The van der Waals surface area contributed by atoms with Gasteiger partial charge in [0.05, 0.1) is 23.8 Å². The Labute approximate surface area is 156 Å². The lowest BCUT2D eigenvalue weighted by molar-refractivity contribution is 0.0831. The van der Waals surface area contributed by atoms with Crippen LogP contribution in [0.4, 0.5) is 0 Å². The van der Waals surface area contributed by atoms with E-state index in [1.54, 1.807) is 20.8 Å². The lowest BCUT2D eigenvalue weighted by atomic mass is 10.1. The summed E-state index contributed by atoms with van der Waals surface area (Å²) in [5, 5.41) is 19.7. The molecule has 0 aliphatic rings. The molecule has 1 amide bonds. The van der Waals surface area contributed by atoms with E-state index in [-0.39, 0.29) is 24.9 Å². The Morgan fingerprint density at radius 3 is 2.67 bits per heavy atom. The van der Waals surface area contributed by atoms with Crippen molar-refractivity contribution in [2.45, 2.75) is 32.9 Å². The molecule has 0 radical (unpaired) electrons. The van der Waals surface area contributed by atoms with Gasteiger partial charge in [0.15, 0.2) is 0 Å². The van der Waals surface area contributed by atoms with Crippen LogP contribution in [0.5, 0.6) is 5.88 Å². The molecule has 0 unspecified atom stereocenters. The van der Waals surface area contributed by atoms with Crippen LogP contribution in [0.25, 0.3) is 11.3 Å². The second-order valence-electron chi connectivity index (χ2n) is 6.75. The fourth-order valence-corrected chi connectivity index (χ4v) is 2.37. The normalized spacial score (nSPS) is 11.4. The summed E-state index contributed by atoms with van der Waals surface area (Å²) in [7, 11) is 0. The van der Waals surface area contributed by atoms with Crippen LogP contribution in [-0.4, -0.2) is 33.5 Å². The van der Waals surface area contributed by atoms with E-state index >= 15 is 0 Å². The largest absolute Gasteiger partial charge is 0.470 e. The molecular weight excluding hydrogens is 350 g/mol. The predicted molar refractivity (Wildman–Crippen MR) is 96.1 cm³/mol. The highest BCUT2D eigenvalue weighted by Crippen LogP contribution is 2.26. The number of carbonyl (C=O) groups is 1. The monoisotopic (exact) mass is 371 g/mol. The zero-order chi connectivity index (χ0) is 19.4. The zero-order valence-corrected chi connectivity index (χ0v) is 15.4. The van der Waals surface area contributed by atoms with Gasteiger partial charge < -0.3 is 24.2 Å². The molecular formula is C19H21N3O5. The molecule has 2 heterocycles. The molecule has 0 fully saturated rings. The number of nitrogens with one attached hydrogen (secondary N) is 1. The molecule has 0 atom stereocenters. The fourth-order valence-electron chi connectivity index (χ4n) is 2.37. The van der Waals surface area contributed by atoms with Gasteiger partial charge in [-0.3, -0.25) is 4.79 Å². The molecule has 2 N–H and O–H groups in total. The van der Waals surface area contributed by atoms with Crippen molar-refractivity contribution in [2.75, 3.05) is 6.61 Å². The molecule has 1 aromatic carbocycles. The number of ether oxygens (including phenoxy) is 1. The maximum atomic E-state index is 12.1. The number of nitrogens with zero attached hydrogens (tertiary/aromatic N) is 2. The molecule has 8 heteroatoms. The third kappa shape index (κ3) is 4.35. The molecule has 142 valence electrons. The first-order valence-corrected chi connectivity index (χ1v) is 8.43. The number of hydrogen-bond acceptors (Lipinski definition) is 7. The highest BCUT2D eigenvalue weighted by molar-refractivity contribution is 5.92. The van der Waals surface area contributed by atoms with Crippen LogP contribution < -0.4 is 10.1 Å². The van der Waals surface area contributed by atoms with Gasteiger partial charge in [0.2, 0.25) is 5.76 Å². The van der Waals surface area contributed by atoms with Crippen LogP contribution in [-0.2, 0) is 6.61 Å². The van der Waals surface area contributed by atoms with Crippen molar-refractivity contribution in [2.24, 2.45) is 0 Å². The van der Waals surface area contributed by atoms with E-state index in [4.69, 9.17) is 13.8 Å².